The van der Waals surface area contributed by atoms with E-state index in [0.717, 1.165) is 0 Å². The third-order valence-corrected chi connectivity index (χ3v) is 2.60. The van der Waals surface area contributed by atoms with Gasteiger partial charge in [0.1, 0.15) is 11.8 Å². The fourth-order valence-corrected chi connectivity index (χ4v) is 1.74. The Bertz CT molecular complexity index is 467. The number of carbonyl (C=O) groups is 1. The molecule has 0 N–H and O–H groups in total. The molecule has 1 aromatic rings. The number of benzene rings is 1. The Labute approximate surface area is 99.2 Å². The van der Waals surface area contributed by atoms with Gasteiger partial charge in [-0.1, -0.05) is 12.1 Å². The van der Waals surface area contributed by atoms with Gasteiger partial charge in [0.2, 0.25) is 0 Å². The Morgan fingerprint density at radius 2 is 2.29 bits per heavy atom. The van der Waals surface area contributed by atoms with Crippen LogP contribution < -0.4 is 9.64 Å². The maximum atomic E-state index is 11.7. The number of cyclic esters (lactones) is 1. The number of nitriles is 1. The smallest absolute Gasteiger partial charge is 0.415 e. The molecule has 0 aromatic heterocycles. The summed E-state index contributed by atoms with van der Waals surface area (Å²) in [6, 6.07) is 9.15. The molecule has 1 aliphatic heterocycles. The molecule has 0 radical (unpaired) electrons. The summed E-state index contributed by atoms with van der Waals surface area (Å²) in [6.07, 6.45) is -0.652. The largest absolute Gasteiger partial charge is 0.495 e. The zero-order chi connectivity index (χ0) is 12.3. The molecule has 1 unspecified atom stereocenters. The molecule has 1 aliphatic rings. The first-order valence-corrected chi connectivity index (χ1v) is 5.27. The van der Waals surface area contributed by atoms with Crippen LogP contribution in [0, 0.1) is 11.3 Å². The highest BCUT2D eigenvalue weighted by Gasteiger charge is 2.29. The van der Waals surface area contributed by atoms with Gasteiger partial charge in [-0.25, -0.2) is 4.79 Å². The monoisotopic (exact) mass is 232 g/mol. The summed E-state index contributed by atoms with van der Waals surface area (Å²) in [5, 5.41) is 8.70. The lowest BCUT2D eigenvalue weighted by Crippen LogP contribution is -2.41. The van der Waals surface area contributed by atoms with Gasteiger partial charge in [0.05, 0.1) is 12.8 Å². The summed E-state index contributed by atoms with van der Waals surface area (Å²) in [5.74, 6) is 0.611. The van der Waals surface area contributed by atoms with E-state index in [4.69, 9.17) is 14.7 Å². The lowest BCUT2D eigenvalue weighted by Gasteiger charge is -2.29. The molecule has 1 heterocycles. The zero-order valence-electron chi connectivity index (χ0n) is 9.42. The summed E-state index contributed by atoms with van der Waals surface area (Å²) < 4.78 is 10.2. The number of para-hydroxylation sites is 2. The summed E-state index contributed by atoms with van der Waals surface area (Å²) in [6.45, 7) is 0.456. The molecular weight excluding hydrogens is 220 g/mol. The second kappa shape index (κ2) is 4.74. The predicted octanol–water partition coefficient (Wildman–Crippen LogP) is 1.93. The van der Waals surface area contributed by atoms with Crippen LogP contribution in [0.15, 0.2) is 24.3 Å². The normalized spacial score (nSPS) is 19.4. The molecule has 17 heavy (non-hydrogen) atoms. The van der Waals surface area contributed by atoms with Crippen molar-refractivity contribution in [3.05, 3.63) is 24.3 Å². The van der Waals surface area contributed by atoms with Crippen LogP contribution in [0.4, 0.5) is 10.5 Å². The molecule has 0 bridgehead atoms. The van der Waals surface area contributed by atoms with Crippen LogP contribution in [0.25, 0.3) is 0 Å². The third kappa shape index (κ3) is 2.16. The van der Waals surface area contributed by atoms with E-state index in [-0.39, 0.29) is 0 Å². The van der Waals surface area contributed by atoms with Crippen LogP contribution in [-0.2, 0) is 4.74 Å². The Hall–Kier alpha value is -2.22. The van der Waals surface area contributed by atoms with Gasteiger partial charge in [-0.3, -0.25) is 4.90 Å². The summed E-state index contributed by atoms with van der Waals surface area (Å²) in [5.41, 5.74) is 0.663. The van der Waals surface area contributed by atoms with Crippen molar-refractivity contribution in [2.75, 3.05) is 18.6 Å². The summed E-state index contributed by atoms with van der Waals surface area (Å²) in [7, 11) is 1.55. The van der Waals surface area contributed by atoms with Gasteiger partial charge < -0.3 is 9.47 Å². The molecule has 2 rings (SSSR count). The van der Waals surface area contributed by atoms with Crippen molar-refractivity contribution in [1.29, 1.82) is 5.26 Å². The van der Waals surface area contributed by atoms with Gasteiger partial charge in [0.15, 0.2) is 6.10 Å². The summed E-state index contributed by atoms with van der Waals surface area (Å²) in [4.78, 5) is 13.2. The Kier molecular flexibility index (Phi) is 3.15. The number of hydrogen-bond donors (Lipinski definition) is 0. The molecule has 1 atom stereocenters. The molecule has 0 aliphatic carbocycles. The minimum atomic E-state index is -0.645. The van der Waals surface area contributed by atoms with E-state index in [1.165, 1.54) is 4.90 Å². The molecular formula is C12H12N2O3. The van der Waals surface area contributed by atoms with Gasteiger partial charge >= 0.3 is 6.09 Å². The van der Waals surface area contributed by atoms with Crippen molar-refractivity contribution in [1.82, 2.24) is 0 Å². The van der Waals surface area contributed by atoms with Gasteiger partial charge in [-0.05, 0) is 12.1 Å². The number of carbonyl (C=O) groups excluding carboxylic acids is 1. The van der Waals surface area contributed by atoms with E-state index >= 15 is 0 Å². The first-order chi connectivity index (χ1) is 8.26. The maximum Gasteiger partial charge on any atom is 0.415 e. The molecule has 0 spiro atoms. The highest BCUT2D eigenvalue weighted by molar-refractivity contribution is 5.90. The number of anilines is 1. The highest BCUT2D eigenvalue weighted by Crippen LogP contribution is 2.30. The molecule has 1 saturated heterocycles. The average Bonchev–Trinajstić information content (AvgIpc) is 2.38. The van der Waals surface area contributed by atoms with Crippen LogP contribution in [0.3, 0.4) is 0 Å². The van der Waals surface area contributed by atoms with Gasteiger partial charge in [0, 0.05) is 13.0 Å². The zero-order valence-corrected chi connectivity index (χ0v) is 9.42. The minimum Gasteiger partial charge on any atom is -0.495 e. The van der Waals surface area contributed by atoms with Crippen LogP contribution in [-0.4, -0.2) is 25.9 Å². The predicted molar refractivity (Wildman–Crippen MR) is 60.8 cm³/mol. The van der Waals surface area contributed by atoms with Gasteiger partial charge in [0.25, 0.3) is 0 Å². The Balaban J connectivity index is 2.24. The first-order valence-electron chi connectivity index (χ1n) is 5.27. The molecule has 5 nitrogen and oxygen atoms in total. The van der Waals surface area contributed by atoms with Crippen molar-refractivity contribution in [2.24, 2.45) is 0 Å². The van der Waals surface area contributed by atoms with Crippen LogP contribution >= 0.6 is 0 Å². The topological polar surface area (TPSA) is 62.6 Å². The van der Waals surface area contributed by atoms with E-state index in [9.17, 15) is 4.79 Å². The van der Waals surface area contributed by atoms with E-state index in [2.05, 4.69) is 0 Å². The Morgan fingerprint density at radius 3 is 2.94 bits per heavy atom. The Morgan fingerprint density at radius 1 is 1.53 bits per heavy atom. The first kappa shape index (κ1) is 11.3. The molecule has 88 valence electrons. The van der Waals surface area contributed by atoms with Crippen LogP contribution in [0.1, 0.15) is 6.42 Å². The number of rotatable bonds is 2. The van der Waals surface area contributed by atoms with E-state index in [0.29, 0.717) is 24.4 Å². The highest BCUT2D eigenvalue weighted by atomic mass is 16.6. The molecule has 5 heteroatoms. The standard InChI is InChI=1S/C12H12N2O3/c1-16-11-5-3-2-4-10(11)14-7-6-9(8-13)17-12(14)15/h2-5,9H,6-7H2,1H3. The lowest BCUT2D eigenvalue weighted by molar-refractivity contribution is 0.111. The molecule has 1 amide bonds. The van der Waals surface area contributed by atoms with Crippen molar-refractivity contribution >= 4 is 11.8 Å². The number of amides is 1. The fraction of sp³-hybridized carbons (Fsp3) is 0.333. The van der Waals surface area contributed by atoms with E-state index in [1.807, 2.05) is 18.2 Å². The quantitative estimate of drug-likeness (QED) is 0.781. The number of hydrogen-bond acceptors (Lipinski definition) is 4. The van der Waals surface area contributed by atoms with E-state index in [1.54, 1.807) is 19.2 Å². The third-order valence-electron chi connectivity index (χ3n) is 2.60. The fourth-order valence-electron chi connectivity index (χ4n) is 1.74. The summed E-state index contributed by atoms with van der Waals surface area (Å²) >= 11 is 0. The molecule has 1 aromatic carbocycles. The van der Waals surface area contributed by atoms with Crippen molar-refractivity contribution in [3.63, 3.8) is 0 Å². The van der Waals surface area contributed by atoms with Crippen molar-refractivity contribution in [2.45, 2.75) is 12.5 Å². The second-order valence-electron chi connectivity index (χ2n) is 3.61. The number of nitrogens with zero attached hydrogens (tertiary/aromatic N) is 2. The van der Waals surface area contributed by atoms with Crippen molar-refractivity contribution < 1.29 is 14.3 Å². The SMILES string of the molecule is COc1ccccc1N1CCC(C#N)OC1=O. The molecule has 0 saturated carbocycles. The lowest BCUT2D eigenvalue weighted by atomic mass is 10.2. The van der Waals surface area contributed by atoms with E-state index < -0.39 is 12.2 Å². The van der Waals surface area contributed by atoms with Crippen molar-refractivity contribution in [3.8, 4) is 11.8 Å². The minimum absolute atomic E-state index is 0.456. The molecule has 1 fully saturated rings. The number of methoxy groups -OCH3 is 1. The average molecular weight is 232 g/mol. The van der Waals surface area contributed by atoms with Gasteiger partial charge in [-0.15, -0.1) is 0 Å². The maximum absolute atomic E-state index is 11.7. The van der Waals surface area contributed by atoms with Crippen LogP contribution in [0.5, 0.6) is 5.75 Å². The second-order valence-corrected chi connectivity index (χ2v) is 3.61. The van der Waals surface area contributed by atoms with Crippen LogP contribution in [0.2, 0.25) is 0 Å². The van der Waals surface area contributed by atoms with Gasteiger partial charge in [-0.2, -0.15) is 5.26 Å². The number of ether oxygens (including phenoxy) is 2.